The Morgan fingerprint density at radius 1 is 1.30 bits per heavy atom. The van der Waals surface area contributed by atoms with Gasteiger partial charge in [0, 0.05) is 44.0 Å². The molecule has 0 bridgehead atoms. The summed E-state index contributed by atoms with van der Waals surface area (Å²) in [7, 11) is 1.68. The van der Waals surface area contributed by atoms with Gasteiger partial charge in [0.15, 0.2) is 0 Å². The Bertz CT molecular complexity index is 1170. The van der Waals surface area contributed by atoms with Crippen LogP contribution in [0.5, 0.6) is 0 Å². The van der Waals surface area contributed by atoms with E-state index in [0.29, 0.717) is 37.9 Å². The lowest BCUT2D eigenvalue weighted by Crippen LogP contribution is -2.47. The molecule has 4 N–H and O–H groups in total. The Morgan fingerprint density at radius 3 is 2.76 bits per heavy atom. The van der Waals surface area contributed by atoms with Gasteiger partial charge in [-0.15, -0.1) is 11.3 Å². The van der Waals surface area contributed by atoms with E-state index in [-0.39, 0.29) is 5.91 Å². The van der Waals surface area contributed by atoms with Gasteiger partial charge in [0.05, 0.1) is 26.2 Å². The average Bonchev–Trinajstić information content (AvgIpc) is 3.32. The van der Waals surface area contributed by atoms with Gasteiger partial charge in [-0.1, -0.05) is 6.07 Å². The molecule has 172 valence electrons. The van der Waals surface area contributed by atoms with Crippen LogP contribution in [0.3, 0.4) is 0 Å². The number of hydrogen-bond donors (Lipinski definition) is 3. The molecule has 1 saturated heterocycles. The fourth-order valence-corrected chi connectivity index (χ4v) is 5.45. The van der Waals surface area contributed by atoms with Crippen molar-refractivity contribution < 1.29 is 9.90 Å². The molecule has 1 fully saturated rings. The predicted molar refractivity (Wildman–Crippen MR) is 137 cm³/mol. The molecule has 0 atom stereocenters. The third-order valence-corrected chi connectivity index (χ3v) is 7.44. The van der Waals surface area contributed by atoms with Crippen LogP contribution in [-0.4, -0.2) is 52.9 Å². The number of aliphatic hydroxyl groups is 1. The van der Waals surface area contributed by atoms with Crippen LogP contribution >= 0.6 is 23.3 Å². The largest absolute Gasteiger partial charge is 0.404 e. The topological polar surface area (TPSA) is 104 Å². The fourth-order valence-electron chi connectivity index (χ4n) is 3.92. The number of carbonyl (C=O) groups is 1. The van der Waals surface area contributed by atoms with E-state index in [1.165, 1.54) is 18.1 Å². The molecule has 9 heteroatoms. The van der Waals surface area contributed by atoms with Crippen LogP contribution in [0.25, 0.3) is 10.2 Å². The van der Waals surface area contributed by atoms with Crippen LogP contribution in [0, 0.1) is 0 Å². The number of carbonyl (C=O) groups excluding carboxylic acids is 1. The summed E-state index contributed by atoms with van der Waals surface area (Å²) in [6.45, 7) is 1.01. The zero-order valence-corrected chi connectivity index (χ0v) is 20.0. The number of amides is 1. The Hall–Kier alpha value is -2.88. The number of hydrogen-bond acceptors (Lipinski definition) is 8. The van der Waals surface area contributed by atoms with E-state index in [4.69, 9.17) is 5.73 Å². The number of fused-ring (bicyclic) bond motifs is 1. The maximum absolute atomic E-state index is 13.0. The highest BCUT2D eigenvalue weighted by Gasteiger charge is 2.34. The van der Waals surface area contributed by atoms with Crippen LogP contribution < -0.4 is 10.5 Å². The Labute approximate surface area is 201 Å². The molecule has 1 aromatic heterocycles. The highest BCUT2D eigenvalue weighted by molar-refractivity contribution is 8.00. The smallest absolute Gasteiger partial charge is 0.253 e. The number of aliphatic imine (C=N–C) groups is 1. The van der Waals surface area contributed by atoms with Gasteiger partial charge in [-0.25, -0.2) is 4.98 Å². The molecular weight excluding hydrogens is 454 g/mol. The third kappa shape index (κ3) is 5.55. The number of thiazole rings is 1. The van der Waals surface area contributed by atoms with E-state index in [0.717, 1.165) is 26.4 Å². The van der Waals surface area contributed by atoms with E-state index in [1.54, 1.807) is 29.5 Å². The highest BCUT2D eigenvalue weighted by Crippen LogP contribution is 2.31. The van der Waals surface area contributed by atoms with Crippen LogP contribution in [0.2, 0.25) is 0 Å². The normalized spacial score (nSPS) is 16.4. The number of anilines is 1. The van der Waals surface area contributed by atoms with Crippen molar-refractivity contribution in [2.75, 3.05) is 24.9 Å². The van der Waals surface area contributed by atoms with Gasteiger partial charge in [-0.3, -0.25) is 9.79 Å². The molecule has 0 unspecified atom stereocenters. The maximum Gasteiger partial charge on any atom is 0.253 e. The predicted octanol–water partition coefficient (Wildman–Crippen LogP) is 4.32. The van der Waals surface area contributed by atoms with Crippen LogP contribution in [-0.2, 0) is 0 Å². The maximum atomic E-state index is 13.0. The summed E-state index contributed by atoms with van der Waals surface area (Å²) < 4.78 is 4.49. The van der Waals surface area contributed by atoms with Crippen molar-refractivity contribution in [1.82, 2.24) is 9.88 Å². The summed E-state index contributed by atoms with van der Waals surface area (Å²) in [5.74, 6) is -0.0202. The number of piperidine rings is 1. The van der Waals surface area contributed by atoms with E-state index in [2.05, 4.69) is 20.8 Å². The summed E-state index contributed by atoms with van der Waals surface area (Å²) in [6.07, 6.45) is 4.60. The van der Waals surface area contributed by atoms with Crippen molar-refractivity contribution in [2.45, 2.75) is 29.8 Å². The summed E-state index contributed by atoms with van der Waals surface area (Å²) in [5.41, 5.74) is 9.96. The van der Waals surface area contributed by atoms with Gasteiger partial charge >= 0.3 is 0 Å². The average molecular weight is 482 g/mol. The second-order valence-electron chi connectivity index (χ2n) is 8.06. The SMILES string of the molecule is CN=CC(=CN)CC1(O)CCN(C(=O)c2ccc(NSc3cccc4scnc34)cc2)CC1. The second kappa shape index (κ2) is 10.4. The van der Waals surface area contributed by atoms with Crippen LogP contribution in [0.4, 0.5) is 5.69 Å². The summed E-state index contributed by atoms with van der Waals surface area (Å²) in [4.78, 5) is 24.2. The van der Waals surface area contributed by atoms with E-state index >= 15 is 0 Å². The number of likely N-dealkylation sites (tertiary alicyclic amines) is 1. The standard InChI is InChI=1S/C24H27N5O2S2/c1-26-15-17(14-25)13-24(31)9-11-29(12-10-24)23(30)18-5-7-19(8-6-18)28-33-21-4-2-3-20-22(21)27-16-32-20/h2-8,14-16,28,31H,9-13,25H2,1H3. The molecule has 4 rings (SSSR count). The molecule has 1 aliphatic rings. The lowest BCUT2D eigenvalue weighted by molar-refractivity contribution is -0.0152. The van der Waals surface area contributed by atoms with Crippen molar-refractivity contribution in [3.63, 3.8) is 0 Å². The number of nitrogens with zero attached hydrogens (tertiary/aromatic N) is 3. The first-order valence-corrected chi connectivity index (χ1v) is 12.4. The molecule has 2 aromatic carbocycles. The van der Waals surface area contributed by atoms with Gasteiger partial charge in [-0.05, 0) is 73.0 Å². The van der Waals surface area contributed by atoms with Crippen LogP contribution in [0.15, 0.2) is 69.6 Å². The number of nitrogens with one attached hydrogen (secondary N) is 1. The van der Waals surface area contributed by atoms with Gasteiger partial charge in [0.25, 0.3) is 5.91 Å². The molecular formula is C24H27N5O2S2. The van der Waals surface area contributed by atoms with E-state index < -0.39 is 5.60 Å². The fraction of sp³-hybridized carbons (Fsp3) is 0.292. The molecule has 0 radical (unpaired) electrons. The number of nitrogens with two attached hydrogens (primary N) is 1. The van der Waals surface area contributed by atoms with Crippen molar-refractivity contribution in [3.05, 3.63) is 65.3 Å². The van der Waals surface area contributed by atoms with Crippen molar-refractivity contribution >= 4 is 51.3 Å². The minimum absolute atomic E-state index is 0.0202. The quantitative estimate of drug-likeness (QED) is 0.343. The molecule has 3 aromatic rings. The first-order valence-electron chi connectivity index (χ1n) is 10.7. The molecule has 7 nitrogen and oxygen atoms in total. The Balaban J connectivity index is 1.33. The first kappa shape index (κ1) is 23.3. The Morgan fingerprint density at radius 2 is 2.06 bits per heavy atom. The zero-order chi connectivity index (χ0) is 23.3. The number of benzene rings is 2. The minimum atomic E-state index is -0.867. The monoisotopic (exact) mass is 481 g/mol. The van der Waals surface area contributed by atoms with Gasteiger partial charge < -0.3 is 20.5 Å². The second-order valence-corrected chi connectivity index (χ2v) is 9.79. The van der Waals surface area contributed by atoms with E-state index in [1.807, 2.05) is 41.9 Å². The molecule has 0 spiro atoms. The van der Waals surface area contributed by atoms with Crippen molar-refractivity contribution in [1.29, 1.82) is 0 Å². The van der Waals surface area contributed by atoms with E-state index in [9.17, 15) is 9.90 Å². The molecule has 1 amide bonds. The number of para-hydroxylation sites is 1. The Kier molecular flexibility index (Phi) is 7.32. The van der Waals surface area contributed by atoms with Crippen LogP contribution in [0.1, 0.15) is 29.6 Å². The van der Waals surface area contributed by atoms with Gasteiger partial charge in [0.1, 0.15) is 0 Å². The lowest BCUT2D eigenvalue weighted by Gasteiger charge is -2.38. The lowest BCUT2D eigenvalue weighted by atomic mass is 9.85. The minimum Gasteiger partial charge on any atom is -0.404 e. The first-order chi connectivity index (χ1) is 16.0. The molecule has 0 aliphatic carbocycles. The molecule has 0 saturated carbocycles. The summed E-state index contributed by atoms with van der Waals surface area (Å²) in [6, 6.07) is 13.6. The molecule has 2 heterocycles. The third-order valence-electron chi connectivity index (χ3n) is 5.76. The zero-order valence-electron chi connectivity index (χ0n) is 18.4. The van der Waals surface area contributed by atoms with Gasteiger partial charge in [0.2, 0.25) is 0 Å². The summed E-state index contributed by atoms with van der Waals surface area (Å²) >= 11 is 3.13. The number of aromatic nitrogens is 1. The molecule has 1 aliphatic heterocycles. The highest BCUT2D eigenvalue weighted by atomic mass is 32.2. The number of rotatable bonds is 7. The van der Waals surface area contributed by atoms with Crippen molar-refractivity contribution in [2.24, 2.45) is 10.7 Å². The molecule has 33 heavy (non-hydrogen) atoms. The van der Waals surface area contributed by atoms with Gasteiger partial charge in [-0.2, -0.15) is 0 Å². The van der Waals surface area contributed by atoms with Crippen molar-refractivity contribution in [3.8, 4) is 0 Å². The summed E-state index contributed by atoms with van der Waals surface area (Å²) in [5, 5.41) is 10.9.